The number of thiophene rings is 1. The monoisotopic (exact) mass is 420 g/mol. The Labute approximate surface area is 164 Å². The summed E-state index contributed by atoms with van der Waals surface area (Å²) in [4.78, 5) is 25.7. The van der Waals surface area contributed by atoms with Crippen molar-refractivity contribution in [3.8, 4) is 11.3 Å². The van der Waals surface area contributed by atoms with E-state index in [1.807, 2.05) is 11.4 Å². The highest BCUT2D eigenvalue weighted by Gasteiger charge is 2.12. The molecule has 0 atom stereocenters. The molecule has 0 aliphatic carbocycles. The second-order valence-corrected chi connectivity index (χ2v) is 8.04. The fourth-order valence-electron chi connectivity index (χ4n) is 2.29. The Morgan fingerprint density at radius 3 is 2.89 bits per heavy atom. The van der Waals surface area contributed by atoms with Crippen molar-refractivity contribution in [2.24, 2.45) is 0 Å². The molecule has 5 nitrogen and oxygen atoms in total. The normalized spacial score (nSPS) is 11.0. The molecule has 4 rings (SSSR count). The van der Waals surface area contributed by atoms with Gasteiger partial charge < -0.3 is 5.32 Å². The van der Waals surface area contributed by atoms with Gasteiger partial charge in [0.2, 0.25) is 5.91 Å². The molecule has 4 aromatic rings. The predicted octanol–water partition coefficient (Wildman–Crippen LogP) is 4.82. The van der Waals surface area contributed by atoms with E-state index in [4.69, 9.17) is 0 Å². The minimum Gasteiger partial charge on any atom is -0.301 e. The number of nitrogens with zero attached hydrogens (tertiary/aromatic N) is 3. The van der Waals surface area contributed by atoms with E-state index in [2.05, 4.69) is 20.3 Å². The average Bonchev–Trinajstić information content (AvgIpc) is 3.31. The first kappa shape index (κ1) is 18.0. The fourth-order valence-corrected chi connectivity index (χ4v) is 4.61. The SMILES string of the molecule is O=C(CSc1ncnc2sccc12)Nc1nc(-c2ccc(F)c(F)c2)cs1. The van der Waals surface area contributed by atoms with E-state index in [1.165, 1.54) is 46.8 Å². The van der Waals surface area contributed by atoms with Crippen molar-refractivity contribution >= 4 is 55.7 Å². The number of benzene rings is 1. The molecule has 27 heavy (non-hydrogen) atoms. The number of hydrogen-bond donors (Lipinski definition) is 1. The first-order valence-corrected chi connectivity index (χ1v) is 10.4. The zero-order chi connectivity index (χ0) is 18.8. The van der Waals surface area contributed by atoms with Crippen LogP contribution in [0.4, 0.5) is 13.9 Å². The molecule has 3 aromatic heterocycles. The lowest BCUT2D eigenvalue weighted by molar-refractivity contribution is -0.113. The Morgan fingerprint density at radius 1 is 1.15 bits per heavy atom. The van der Waals surface area contributed by atoms with Crippen LogP contribution in [-0.4, -0.2) is 26.6 Å². The number of fused-ring (bicyclic) bond motifs is 1. The van der Waals surface area contributed by atoms with Gasteiger partial charge in [-0.3, -0.25) is 4.79 Å². The number of anilines is 1. The fraction of sp³-hybridized carbons (Fsp3) is 0.0588. The zero-order valence-electron chi connectivity index (χ0n) is 13.5. The molecule has 0 saturated carbocycles. The minimum atomic E-state index is -0.938. The largest absolute Gasteiger partial charge is 0.301 e. The molecule has 0 aliphatic rings. The molecule has 1 amide bonds. The lowest BCUT2D eigenvalue weighted by atomic mass is 10.2. The van der Waals surface area contributed by atoms with E-state index < -0.39 is 11.6 Å². The summed E-state index contributed by atoms with van der Waals surface area (Å²) in [5.74, 6) is -1.91. The number of thioether (sulfide) groups is 1. The summed E-state index contributed by atoms with van der Waals surface area (Å²) in [7, 11) is 0. The van der Waals surface area contributed by atoms with Gasteiger partial charge in [0.1, 0.15) is 16.2 Å². The molecule has 0 aliphatic heterocycles. The number of thiazole rings is 1. The third-order valence-electron chi connectivity index (χ3n) is 3.53. The van der Waals surface area contributed by atoms with Crippen LogP contribution >= 0.6 is 34.4 Å². The number of carbonyl (C=O) groups excluding carboxylic acids is 1. The van der Waals surface area contributed by atoms with E-state index in [-0.39, 0.29) is 11.7 Å². The molecule has 0 unspecified atom stereocenters. The Balaban J connectivity index is 1.41. The Hall–Kier alpha value is -2.43. The number of aromatic nitrogens is 3. The molecule has 136 valence electrons. The minimum absolute atomic E-state index is 0.169. The summed E-state index contributed by atoms with van der Waals surface area (Å²) in [6.07, 6.45) is 1.48. The highest BCUT2D eigenvalue weighted by atomic mass is 32.2. The Kier molecular flexibility index (Phi) is 5.10. The van der Waals surface area contributed by atoms with Gasteiger partial charge in [0.25, 0.3) is 0 Å². The molecule has 0 spiro atoms. The van der Waals surface area contributed by atoms with Crippen LogP contribution < -0.4 is 5.32 Å². The van der Waals surface area contributed by atoms with Crippen molar-refractivity contribution in [2.45, 2.75) is 5.03 Å². The topological polar surface area (TPSA) is 67.8 Å². The summed E-state index contributed by atoms with van der Waals surface area (Å²) in [6, 6.07) is 5.49. The first-order valence-electron chi connectivity index (χ1n) is 7.62. The third-order valence-corrected chi connectivity index (χ3v) is 6.11. The maximum Gasteiger partial charge on any atom is 0.236 e. The highest BCUT2D eigenvalue weighted by Crippen LogP contribution is 2.29. The van der Waals surface area contributed by atoms with Gasteiger partial charge in [-0.2, -0.15) is 0 Å². The van der Waals surface area contributed by atoms with Gasteiger partial charge in [0.15, 0.2) is 16.8 Å². The standard InChI is InChI=1S/C17H10F2N4OS3/c18-11-2-1-9(5-12(11)19)13-6-27-17(22-13)23-14(24)7-26-16-10-3-4-25-15(10)20-8-21-16/h1-6,8H,7H2,(H,22,23,24). The molecule has 0 saturated heterocycles. The van der Waals surface area contributed by atoms with Crippen LogP contribution in [0.1, 0.15) is 0 Å². The summed E-state index contributed by atoms with van der Waals surface area (Å²) >= 11 is 4.05. The van der Waals surface area contributed by atoms with Crippen molar-refractivity contribution in [2.75, 3.05) is 11.1 Å². The van der Waals surface area contributed by atoms with Crippen molar-refractivity contribution < 1.29 is 13.6 Å². The van der Waals surface area contributed by atoms with E-state index in [0.29, 0.717) is 16.4 Å². The lowest BCUT2D eigenvalue weighted by Crippen LogP contribution is -2.13. The number of rotatable bonds is 5. The van der Waals surface area contributed by atoms with E-state index in [1.54, 1.807) is 5.38 Å². The van der Waals surface area contributed by atoms with E-state index in [9.17, 15) is 13.6 Å². The Morgan fingerprint density at radius 2 is 2.04 bits per heavy atom. The maximum atomic E-state index is 13.3. The van der Waals surface area contributed by atoms with Crippen LogP contribution in [0.25, 0.3) is 21.5 Å². The molecule has 1 aromatic carbocycles. The van der Waals surface area contributed by atoms with Crippen molar-refractivity contribution in [1.82, 2.24) is 15.0 Å². The number of halogens is 2. The number of amides is 1. The number of hydrogen-bond acceptors (Lipinski definition) is 7. The quantitative estimate of drug-likeness (QED) is 0.370. The van der Waals surface area contributed by atoms with Gasteiger partial charge in [0, 0.05) is 16.3 Å². The summed E-state index contributed by atoms with van der Waals surface area (Å²) in [6.45, 7) is 0. The lowest BCUT2D eigenvalue weighted by Gasteiger charge is -2.02. The summed E-state index contributed by atoms with van der Waals surface area (Å²) in [5, 5.41) is 8.38. The second-order valence-electron chi connectivity index (χ2n) is 5.32. The van der Waals surface area contributed by atoms with E-state index in [0.717, 1.165) is 27.4 Å². The summed E-state index contributed by atoms with van der Waals surface area (Å²) < 4.78 is 26.4. The van der Waals surface area contributed by atoms with Crippen LogP contribution in [0.2, 0.25) is 0 Å². The molecule has 1 N–H and O–H groups in total. The highest BCUT2D eigenvalue weighted by molar-refractivity contribution is 8.00. The van der Waals surface area contributed by atoms with Crippen molar-refractivity contribution in [3.63, 3.8) is 0 Å². The van der Waals surface area contributed by atoms with Crippen LogP contribution in [0.3, 0.4) is 0 Å². The van der Waals surface area contributed by atoms with Crippen LogP contribution in [0, 0.1) is 11.6 Å². The van der Waals surface area contributed by atoms with Crippen LogP contribution in [-0.2, 0) is 4.79 Å². The van der Waals surface area contributed by atoms with Crippen molar-refractivity contribution in [3.05, 3.63) is 53.0 Å². The molecular weight excluding hydrogens is 410 g/mol. The Bertz CT molecular complexity index is 1130. The van der Waals surface area contributed by atoms with Crippen LogP contribution in [0.5, 0.6) is 0 Å². The average molecular weight is 420 g/mol. The molecule has 3 heterocycles. The molecule has 0 bridgehead atoms. The predicted molar refractivity (Wildman–Crippen MR) is 104 cm³/mol. The first-order chi connectivity index (χ1) is 13.1. The third kappa shape index (κ3) is 3.97. The van der Waals surface area contributed by atoms with Crippen molar-refractivity contribution in [1.29, 1.82) is 0 Å². The summed E-state index contributed by atoms with van der Waals surface area (Å²) in [5.41, 5.74) is 0.915. The van der Waals surface area contributed by atoms with Crippen LogP contribution in [0.15, 0.2) is 46.4 Å². The molecule has 10 heteroatoms. The van der Waals surface area contributed by atoms with Gasteiger partial charge in [0.05, 0.1) is 11.4 Å². The van der Waals surface area contributed by atoms with Gasteiger partial charge >= 0.3 is 0 Å². The van der Waals surface area contributed by atoms with Gasteiger partial charge in [-0.05, 0) is 29.6 Å². The zero-order valence-corrected chi connectivity index (χ0v) is 15.9. The number of carbonyl (C=O) groups is 1. The molecular formula is C17H10F2N4OS3. The van der Waals surface area contributed by atoms with Gasteiger partial charge in [-0.15, -0.1) is 22.7 Å². The smallest absolute Gasteiger partial charge is 0.236 e. The maximum absolute atomic E-state index is 13.3. The van der Waals surface area contributed by atoms with Gasteiger partial charge in [-0.1, -0.05) is 11.8 Å². The number of nitrogens with one attached hydrogen (secondary N) is 1. The van der Waals surface area contributed by atoms with Gasteiger partial charge in [-0.25, -0.2) is 23.7 Å². The van der Waals surface area contributed by atoms with E-state index >= 15 is 0 Å². The molecule has 0 fully saturated rings. The second kappa shape index (κ2) is 7.67. The molecule has 0 radical (unpaired) electrons.